The number of pyridine rings is 1. The van der Waals surface area contributed by atoms with Crippen molar-refractivity contribution in [2.45, 2.75) is 4.90 Å². The predicted molar refractivity (Wildman–Crippen MR) is 61.7 cm³/mol. The molecule has 6 nitrogen and oxygen atoms in total. The Kier molecular flexibility index (Phi) is 2.92. The number of rotatable bonds is 2. The van der Waals surface area contributed by atoms with Crippen LogP contribution in [0, 0.1) is 0 Å². The molecule has 0 atom stereocenters. The number of hydrogen-bond acceptors (Lipinski definition) is 4. The molecule has 8 heteroatoms. The molecule has 3 N–H and O–H groups in total. The Balaban J connectivity index is 2.81. The summed E-state index contributed by atoms with van der Waals surface area (Å²) in [5.74, 6) is 0. The van der Waals surface area contributed by atoms with Gasteiger partial charge < -0.3 is 10.2 Å². The molecule has 0 bridgehead atoms. The number of aromatic amines is 1. The molecule has 90 valence electrons. The van der Waals surface area contributed by atoms with E-state index in [1.54, 1.807) is 0 Å². The van der Waals surface area contributed by atoms with Crippen LogP contribution in [0.25, 0.3) is 10.9 Å². The van der Waals surface area contributed by atoms with Gasteiger partial charge in [-0.1, -0.05) is 16.5 Å². The Labute approximate surface area is 101 Å². The van der Waals surface area contributed by atoms with Crippen LogP contribution < -0.4 is 10.4 Å². The van der Waals surface area contributed by atoms with Crippen LogP contribution in [0.5, 0.6) is 0 Å². The smallest absolute Gasteiger partial charge is 0.263 e. The van der Waals surface area contributed by atoms with Crippen LogP contribution in [0.1, 0.15) is 0 Å². The van der Waals surface area contributed by atoms with Crippen molar-refractivity contribution in [1.82, 2.24) is 9.87 Å². The second-order valence-electron chi connectivity index (χ2n) is 3.29. The van der Waals surface area contributed by atoms with E-state index in [0.29, 0.717) is 10.9 Å². The third kappa shape index (κ3) is 2.18. The number of sulfonamides is 1. The zero-order chi connectivity index (χ0) is 12.6. The van der Waals surface area contributed by atoms with Crippen LogP contribution in [-0.2, 0) is 10.0 Å². The maximum absolute atomic E-state index is 11.4. The van der Waals surface area contributed by atoms with Crippen LogP contribution in [0.15, 0.2) is 34.0 Å². The van der Waals surface area contributed by atoms with Crippen LogP contribution in [0.2, 0.25) is 5.02 Å². The highest BCUT2D eigenvalue weighted by molar-refractivity contribution is 7.89. The third-order valence-corrected chi connectivity index (χ3v) is 3.77. The number of aromatic nitrogens is 1. The van der Waals surface area contributed by atoms with Gasteiger partial charge in [-0.05, 0) is 23.6 Å². The van der Waals surface area contributed by atoms with E-state index in [1.165, 1.54) is 29.2 Å². The normalized spacial score (nSPS) is 11.9. The fourth-order valence-corrected chi connectivity index (χ4v) is 2.57. The molecule has 2 rings (SSSR count). The van der Waals surface area contributed by atoms with Crippen molar-refractivity contribution in [3.8, 4) is 0 Å². The Bertz CT molecular complexity index is 738. The maximum Gasteiger partial charge on any atom is 0.263 e. The number of nitrogens with one attached hydrogen (secondary N) is 2. The first-order valence-electron chi connectivity index (χ1n) is 4.42. The zero-order valence-electron chi connectivity index (χ0n) is 8.27. The molecule has 0 fully saturated rings. The summed E-state index contributed by atoms with van der Waals surface area (Å²) >= 11 is 5.77. The summed E-state index contributed by atoms with van der Waals surface area (Å²) in [7, 11) is -4.05. The highest BCUT2D eigenvalue weighted by Crippen LogP contribution is 2.25. The van der Waals surface area contributed by atoms with Crippen LogP contribution in [0.4, 0.5) is 0 Å². The lowest BCUT2D eigenvalue weighted by molar-refractivity contribution is 0.242. The average Bonchev–Trinajstić information content (AvgIpc) is 2.27. The monoisotopic (exact) mass is 274 g/mol. The second kappa shape index (κ2) is 4.11. The summed E-state index contributed by atoms with van der Waals surface area (Å²) < 4.78 is 22.8. The molecule has 0 radical (unpaired) electrons. The molecule has 1 heterocycles. The van der Waals surface area contributed by atoms with E-state index < -0.39 is 10.0 Å². The van der Waals surface area contributed by atoms with Crippen molar-refractivity contribution < 1.29 is 13.6 Å². The lowest BCUT2D eigenvalue weighted by atomic mass is 10.2. The van der Waals surface area contributed by atoms with Gasteiger partial charge in [-0.3, -0.25) is 4.79 Å². The molecule has 1 aromatic carbocycles. The van der Waals surface area contributed by atoms with E-state index in [2.05, 4.69) is 4.98 Å². The van der Waals surface area contributed by atoms with Gasteiger partial charge in [0, 0.05) is 11.6 Å². The average molecular weight is 275 g/mol. The van der Waals surface area contributed by atoms with Gasteiger partial charge in [-0.25, -0.2) is 8.42 Å². The number of fused-ring (bicyclic) bond motifs is 1. The molecule has 0 aliphatic carbocycles. The molecule has 0 saturated heterocycles. The fourth-order valence-electron chi connectivity index (χ4n) is 1.41. The largest absolute Gasteiger partial charge is 0.322 e. The second-order valence-corrected chi connectivity index (χ2v) is 5.32. The van der Waals surface area contributed by atoms with E-state index in [-0.39, 0.29) is 15.5 Å². The van der Waals surface area contributed by atoms with Gasteiger partial charge in [0.2, 0.25) is 5.56 Å². The summed E-state index contributed by atoms with van der Waals surface area (Å²) in [5, 5.41) is 8.93. The van der Waals surface area contributed by atoms with Crippen LogP contribution >= 0.6 is 11.6 Å². The lowest BCUT2D eigenvalue weighted by Crippen LogP contribution is -2.19. The number of hydrogen-bond donors (Lipinski definition) is 3. The fraction of sp³-hybridized carbons (Fsp3) is 0. The minimum Gasteiger partial charge on any atom is -0.322 e. The highest BCUT2D eigenvalue weighted by Gasteiger charge is 2.17. The summed E-state index contributed by atoms with van der Waals surface area (Å²) in [6, 6.07) is 5.29. The summed E-state index contributed by atoms with van der Waals surface area (Å²) in [6.07, 6.45) is 0. The van der Waals surface area contributed by atoms with Gasteiger partial charge in [0.05, 0.1) is 5.02 Å². The minimum atomic E-state index is -4.05. The molecule has 17 heavy (non-hydrogen) atoms. The summed E-state index contributed by atoms with van der Waals surface area (Å²) in [5.41, 5.74) is 0.101. The third-order valence-electron chi connectivity index (χ3n) is 2.19. The van der Waals surface area contributed by atoms with Crippen molar-refractivity contribution in [1.29, 1.82) is 0 Å². The molecular formula is C9H7ClN2O4S. The molecule has 0 aliphatic heterocycles. The first-order valence-corrected chi connectivity index (χ1v) is 6.28. The van der Waals surface area contributed by atoms with Gasteiger partial charge in [0.1, 0.15) is 4.90 Å². The van der Waals surface area contributed by atoms with Crippen molar-refractivity contribution in [2.75, 3.05) is 0 Å². The van der Waals surface area contributed by atoms with E-state index in [0.717, 1.165) is 0 Å². The van der Waals surface area contributed by atoms with E-state index in [4.69, 9.17) is 16.8 Å². The molecule has 2 aromatic rings. The van der Waals surface area contributed by atoms with E-state index >= 15 is 0 Å². The standard InChI is InChI=1S/C9H7ClN2O4S/c10-6-4-7-5(1-2-9(13)11-7)3-8(6)17(15,16)12-14/h1-4,12,14H,(H,11,13). The minimum absolute atomic E-state index is 0.0964. The van der Waals surface area contributed by atoms with Gasteiger partial charge in [-0.15, -0.1) is 0 Å². The van der Waals surface area contributed by atoms with Gasteiger partial charge in [-0.2, -0.15) is 0 Å². The van der Waals surface area contributed by atoms with Gasteiger partial charge in [0.15, 0.2) is 0 Å². The van der Waals surface area contributed by atoms with E-state index in [1.807, 2.05) is 0 Å². The van der Waals surface area contributed by atoms with Gasteiger partial charge >= 0.3 is 0 Å². The first kappa shape index (κ1) is 12.1. The Morgan fingerprint density at radius 3 is 2.65 bits per heavy atom. The lowest BCUT2D eigenvalue weighted by Gasteiger charge is -2.06. The predicted octanol–water partition coefficient (Wildman–Crippen LogP) is 0.849. The molecule has 0 amide bonds. The topological polar surface area (TPSA) is 99.3 Å². The van der Waals surface area contributed by atoms with Crippen LogP contribution in [0.3, 0.4) is 0 Å². The van der Waals surface area contributed by atoms with Crippen molar-refractivity contribution >= 4 is 32.5 Å². The van der Waals surface area contributed by atoms with Crippen molar-refractivity contribution in [2.24, 2.45) is 0 Å². The zero-order valence-corrected chi connectivity index (χ0v) is 9.84. The molecule has 0 unspecified atom stereocenters. The summed E-state index contributed by atoms with van der Waals surface area (Å²) in [4.78, 5) is 14.5. The van der Waals surface area contributed by atoms with Gasteiger partial charge in [0.25, 0.3) is 10.0 Å². The highest BCUT2D eigenvalue weighted by atomic mass is 35.5. The Hall–Kier alpha value is -1.41. The number of benzene rings is 1. The SMILES string of the molecule is O=c1ccc2cc(S(=O)(=O)NO)c(Cl)cc2[nH]1. The molecular weight excluding hydrogens is 268 g/mol. The first-order chi connectivity index (χ1) is 7.94. The number of halogens is 1. The summed E-state index contributed by atoms with van der Waals surface area (Å²) in [6.45, 7) is 0. The van der Waals surface area contributed by atoms with Crippen molar-refractivity contribution in [3.05, 3.63) is 39.6 Å². The molecule has 1 aromatic heterocycles. The Morgan fingerprint density at radius 1 is 1.29 bits per heavy atom. The number of H-pyrrole nitrogens is 1. The Morgan fingerprint density at radius 2 is 2.00 bits per heavy atom. The quantitative estimate of drug-likeness (QED) is 0.707. The molecule has 0 spiro atoms. The molecule has 0 aliphatic rings. The van der Waals surface area contributed by atoms with Crippen molar-refractivity contribution in [3.63, 3.8) is 0 Å². The maximum atomic E-state index is 11.4. The molecule has 0 saturated carbocycles. The van der Waals surface area contributed by atoms with Crippen LogP contribution in [-0.4, -0.2) is 18.6 Å². The van der Waals surface area contributed by atoms with E-state index in [9.17, 15) is 13.2 Å².